The van der Waals surface area contributed by atoms with E-state index in [1.54, 1.807) is 0 Å². The summed E-state index contributed by atoms with van der Waals surface area (Å²) in [5, 5.41) is 7.21. The summed E-state index contributed by atoms with van der Waals surface area (Å²) in [6, 6.07) is 8.37. The minimum Gasteiger partial charge on any atom is -0.382 e. The maximum absolute atomic E-state index is 12.4. The summed E-state index contributed by atoms with van der Waals surface area (Å²) in [7, 11) is 0. The van der Waals surface area contributed by atoms with Crippen molar-refractivity contribution in [2.45, 2.75) is 50.4 Å². The second kappa shape index (κ2) is 7.02. The first kappa shape index (κ1) is 15.2. The van der Waals surface area contributed by atoms with Crippen molar-refractivity contribution in [3.05, 3.63) is 29.8 Å². The molecular weight excluding hydrogens is 268 g/mol. The first-order chi connectivity index (χ1) is 9.60. The summed E-state index contributed by atoms with van der Waals surface area (Å²) in [5.74, 6) is 0.0421. The summed E-state index contributed by atoms with van der Waals surface area (Å²) >= 11 is 1.91. The van der Waals surface area contributed by atoms with Gasteiger partial charge in [0.2, 0.25) is 0 Å². The fourth-order valence-corrected chi connectivity index (χ4v) is 3.46. The summed E-state index contributed by atoms with van der Waals surface area (Å²) in [6.45, 7) is 4.16. The summed E-state index contributed by atoms with van der Waals surface area (Å²) < 4.78 is 0. The van der Waals surface area contributed by atoms with Gasteiger partial charge in [-0.2, -0.15) is 11.8 Å². The Balaban J connectivity index is 2.02. The van der Waals surface area contributed by atoms with E-state index in [0.717, 1.165) is 24.1 Å². The highest BCUT2D eigenvalue weighted by Crippen LogP contribution is 2.28. The van der Waals surface area contributed by atoms with Crippen molar-refractivity contribution in [2.24, 2.45) is 0 Å². The van der Waals surface area contributed by atoms with E-state index in [-0.39, 0.29) is 5.91 Å². The van der Waals surface area contributed by atoms with Gasteiger partial charge in [-0.15, -0.1) is 0 Å². The highest BCUT2D eigenvalue weighted by atomic mass is 32.2. The molecule has 0 spiro atoms. The van der Waals surface area contributed by atoms with Gasteiger partial charge in [-0.25, -0.2) is 0 Å². The lowest BCUT2D eigenvalue weighted by molar-refractivity contribution is 0.0939. The number of carbonyl (C=O) groups excluding carboxylic acids is 1. The van der Waals surface area contributed by atoms with Crippen LogP contribution in [0.4, 0.5) is 5.69 Å². The van der Waals surface area contributed by atoms with Crippen molar-refractivity contribution in [3.63, 3.8) is 0 Å². The van der Waals surface area contributed by atoms with Gasteiger partial charge in [-0.3, -0.25) is 4.79 Å². The minimum atomic E-state index is 0.0421. The minimum absolute atomic E-state index is 0.0421. The Hall–Kier alpha value is -1.16. The van der Waals surface area contributed by atoms with Crippen LogP contribution in [-0.2, 0) is 0 Å². The number of carbonyl (C=O) groups is 1. The molecule has 3 nitrogen and oxygen atoms in total. The van der Waals surface area contributed by atoms with Crippen LogP contribution < -0.4 is 10.6 Å². The van der Waals surface area contributed by atoms with E-state index in [1.165, 1.54) is 6.42 Å². The third-order valence-corrected chi connectivity index (χ3v) is 4.76. The average Bonchev–Trinajstić information content (AvgIpc) is 2.86. The van der Waals surface area contributed by atoms with E-state index in [9.17, 15) is 4.79 Å². The average molecular weight is 292 g/mol. The number of benzene rings is 1. The van der Waals surface area contributed by atoms with Crippen molar-refractivity contribution in [1.82, 2.24) is 5.32 Å². The molecule has 1 aliphatic carbocycles. The molecule has 1 fully saturated rings. The molecule has 1 saturated carbocycles. The molecule has 1 amide bonds. The Labute approximate surface area is 125 Å². The summed E-state index contributed by atoms with van der Waals surface area (Å²) in [6.07, 6.45) is 5.54. The molecule has 0 bridgehead atoms. The number of thioether (sulfide) groups is 1. The maximum atomic E-state index is 12.4. The van der Waals surface area contributed by atoms with Gasteiger partial charge < -0.3 is 10.6 Å². The van der Waals surface area contributed by atoms with Crippen LogP contribution in [0.15, 0.2) is 24.3 Å². The third kappa shape index (κ3) is 3.92. The predicted octanol–water partition coefficient (Wildman–Crippen LogP) is 3.52. The van der Waals surface area contributed by atoms with E-state index < -0.39 is 0 Å². The molecule has 20 heavy (non-hydrogen) atoms. The fraction of sp³-hybridized carbons (Fsp3) is 0.562. The van der Waals surface area contributed by atoms with E-state index in [4.69, 9.17) is 0 Å². The van der Waals surface area contributed by atoms with E-state index >= 15 is 0 Å². The van der Waals surface area contributed by atoms with Gasteiger partial charge in [0.25, 0.3) is 5.91 Å². The van der Waals surface area contributed by atoms with Crippen LogP contribution >= 0.6 is 11.8 Å². The highest BCUT2D eigenvalue weighted by molar-refractivity contribution is 7.99. The van der Waals surface area contributed by atoms with E-state index in [0.29, 0.717) is 17.3 Å². The Kier molecular flexibility index (Phi) is 5.35. The number of nitrogens with one attached hydrogen (secondary N) is 2. The van der Waals surface area contributed by atoms with Crippen LogP contribution in [0.3, 0.4) is 0 Å². The van der Waals surface area contributed by atoms with Crippen molar-refractivity contribution in [3.8, 4) is 0 Å². The smallest absolute Gasteiger partial charge is 0.253 e. The zero-order valence-corrected chi connectivity index (χ0v) is 13.3. The molecule has 0 aromatic heterocycles. The second-order valence-electron chi connectivity index (χ2n) is 5.69. The highest BCUT2D eigenvalue weighted by Gasteiger charge is 2.26. The Morgan fingerprint density at radius 1 is 1.30 bits per heavy atom. The summed E-state index contributed by atoms with van der Waals surface area (Å²) in [5.41, 5.74) is 1.66. The molecule has 110 valence electrons. The standard InChI is InChI=1S/C16H24N2OS/c1-11(2)17-15-7-5-4-6-14(15)16(19)18-12-8-9-13(10-12)20-3/h4-7,11-13,17H,8-10H2,1-3H3,(H,18,19). The van der Waals surface area contributed by atoms with Gasteiger partial charge in [0.1, 0.15) is 0 Å². The van der Waals surface area contributed by atoms with Crippen LogP contribution in [-0.4, -0.2) is 29.5 Å². The van der Waals surface area contributed by atoms with E-state index in [2.05, 4.69) is 30.7 Å². The van der Waals surface area contributed by atoms with Crippen LogP contribution in [0.1, 0.15) is 43.5 Å². The lowest BCUT2D eigenvalue weighted by Gasteiger charge is -2.17. The topological polar surface area (TPSA) is 41.1 Å². The molecular formula is C16H24N2OS. The molecule has 2 N–H and O–H groups in total. The van der Waals surface area contributed by atoms with Gasteiger partial charge in [-0.05, 0) is 51.5 Å². The van der Waals surface area contributed by atoms with Gasteiger partial charge in [0.15, 0.2) is 0 Å². The zero-order valence-electron chi connectivity index (χ0n) is 12.5. The number of para-hydroxylation sites is 1. The first-order valence-electron chi connectivity index (χ1n) is 7.29. The van der Waals surface area contributed by atoms with Gasteiger partial charge >= 0.3 is 0 Å². The molecule has 2 atom stereocenters. The second-order valence-corrected chi connectivity index (χ2v) is 6.82. The monoisotopic (exact) mass is 292 g/mol. The molecule has 4 heteroatoms. The van der Waals surface area contributed by atoms with Crippen molar-refractivity contribution >= 4 is 23.4 Å². The number of rotatable bonds is 5. The van der Waals surface area contributed by atoms with Crippen molar-refractivity contribution in [2.75, 3.05) is 11.6 Å². The largest absolute Gasteiger partial charge is 0.382 e. The predicted molar refractivity (Wildman–Crippen MR) is 87.6 cm³/mol. The van der Waals surface area contributed by atoms with Crippen LogP contribution in [0.5, 0.6) is 0 Å². The number of anilines is 1. The molecule has 2 rings (SSSR count). The molecule has 0 radical (unpaired) electrons. The van der Waals surface area contributed by atoms with Crippen LogP contribution in [0.25, 0.3) is 0 Å². The van der Waals surface area contributed by atoms with Crippen molar-refractivity contribution in [1.29, 1.82) is 0 Å². The third-order valence-electron chi connectivity index (χ3n) is 3.67. The number of amides is 1. The SMILES string of the molecule is CSC1CCC(NC(=O)c2ccccc2NC(C)C)C1. The Morgan fingerprint density at radius 3 is 2.70 bits per heavy atom. The molecule has 0 aliphatic heterocycles. The maximum Gasteiger partial charge on any atom is 0.253 e. The van der Waals surface area contributed by atoms with Gasteiger partial charge in [-0.1, -0.05) is 12.1 Å². The number of hydrogen-bond donors (Lipinski definition) is 2. The van der Waals surface area contributed by atoms with Gasteiger partial charge in [0.05, 0.1) is 5.56 Å². The Bertz CT molecular complexity index is 462. The first-order valence-corrected chi connectivity index (χ1v) is 8.58. The Morgan fingerprint density at radius 2 is 2.05 bits per heavy atom. The van der Waals surface area contributed by atoms with Crippen LogP contribution in [0, 0.1) is 0 Å². The molecule has 0 saturated heterocycles. The summed E-state index contributed by atoms with van der Waals surface area (Å²) in [4.78, 5) is 12.4. The lowest BCUT2D eigenvalue weighted by atomic mass is 10.1. The quantitative estimate of drug-likeness (QED) is 0.872. The molecule has 1 aromatic carbocycles. The van der Waals surface area contributed by atoms with Gasteiger partial charge in [0, 0.05) is 23.0 Å². The number of hydrogen-bond acceptors (Lipinski definition) is 3. The molecule has 0 heterocycles. The van der Waals surface area contributed by atoms with Crippen LogP contribution in [0.2, 0.25) is 0 Å². The molecule has 1 aromatic rings. The van der Waals surface area contributed by atoms with Crippen molar-refractivity contribution < 1.29 is 4.79 Å². The normalized spacial score (nSPS) is 22.0. The van der Waals surface area contributed by atoms with E-state index in [1.807, 2.05) is 36.0 Å². The molecule has 1 aliphatic rings. The molecule has 2 unspecified atom stereocenters. The lowest BCUT2D eigenvalue weighted by Crippen LogP contribution is -2.33. The zero-order chi connectivity index (χ0) is 14.5. The fourth-order valence-electron chi connectivity index (χ4n) is 2.67.